The van der Waals surface area contributed by atoms with E-state index in [4.69, 9.17) is 0 Å². The third kappa shape index (κ3) is 5.19. The maximum absolute atomic E-state index is 4.18. The molecule has 1 aromatic rings. The van der Waals surface area contributed by atoms with Gasteiger partial charge in [0.15, 0.2) is 5.96 Å². The van der Waals surface area contributed by atoms with Crippen molar-refractivity contribution in [3.05, 3.63) is 12.2 Å². The van der Waals surface area contributed by atoms with Crippen molar-refractivity contribution >= 4 is 29.9 Å². The summed E-state index contributed by atoms with van der Waals surface area (Å²) in [7, 11) is 3.63. The Hall–Kier alpha value is -0.860. The van der Waals surface area contributed by atoms with E-state index in [1.54, 1.807) is 18.1 Å². The molecule has 0 aliphatic rings. The Kier molecular flexibility index (Phi) is 7.88. The fourth-order valence-electron chi connectivity index (χ4n) is 1.22. The number of hydrogen-bond acceptors (Lipinski definition) is 3. The van der Waals surface area contributed by atoms with E-state index in [0.29, 0.717) is 18.5 Å². The lowest BCUT2D eigenvalue weighted by atomic mass is 10.1. The minimum Gasteiger partial charge on any atom is -0.354 e. The summed E-state index contributed by atoms with van der Waals surface area (Å²) in [6.07, 6.45) is 1.55. The van der Waals surface area contributed by atoms with E-state index in [2.05, 4.69) is 46.5 Å². The van der Waals surface area contributed by atoms with Crippen LogP contribution in [0.1, 0.15) is 26.6 Å². The standard InChI is InChI=1S/C11H22N6.HI/c1-8(2)9(3)16-11(12-4)13-6-10-14-7-15-17(10)5;/h7-9H,6H2,1-5H3,(H2,12,13,16);1H. The molecule has 7 heteroatoms. The van der Waals surface area contributed by atoms with Crippen LogP contribution in [0.5, 0.6) is 0 Å². The second kappa shape index (κ2) is 8.28. The van der Waals surface area contributed by atoms with Gasteiger partial charge in [-0.2, -0.15) is 5.10 Å². The van der Waals surface area contributed by atoms with Gasteiger partial charge in [0.25, 0.3) is 0 Å². The largest absolute Gasteiger partial charge is 0.354 e. The fraction of sp³-hybridized carbons (Fsp3) is 0.727. The lowest BCUT2D eigenvalue weighted by Gasteiger charge is -2.20. The second-order valence-corrected chi connectivity index (χ2v) is 4.40. The van der Waals surface area contributed by atoms with Crippen LogP contribution >= 0.6 is 24.0 Å². The number of halogens is 1. The summed E-state index contributed by atoms with van der Waals surface area (Å²) in [6.45, 7) is 7.10. The van der Waals surface area contributed by atoms with Crippen molar-refractivity contribution in [2.45, 2.75) is 33.4 Å². The van der Waals surface area contributed by atoms with E-state index in [1.165, 1.54) is 0 Å². The molecule has 1 rings (SSSR count). The van der Waals surface area contributed by atoms with Gasteiger partial charge in [0.2, 0.25) is 0 Å². The minimum absolute atomic E-state index is 0. The number of nitrogens with zero attached hydrogens (tertiary/aromatic N) is 4. The quantitative estimate of drug-likeness (QED) is 0.477. The van der Waals surface area contributed by atoms with Crippen molar-refractivity contribution < 1.29 is 0 Å². The van der Waals surface area contributed by atoms with Gasteiger partial charge in [-0.3, -0.25) is 9.67 Å². The monoisotopic (exact) mass is 366 g/mol. The highest BCUT2D eigenvalue weighted by Gasteiger charge is 2.09. The number of aryl methyl sites for hydroxylation is 1. The molecule has 18 heavy (non-hydrogen) atoms. The smallest absolute Gasteiger partial charge is 0.191 e. The number of hydrogen-bond donors (Lipinski definition) is 2. The molecule has 0 aromatic carbocycles. The highest BCUT2D eigenvalue weighted by atomic mass is 127. The Morgan fingerprint density at radius 1 is 1.44 bits per heavy atom. The normalized spacial score (nSPS) is 13.1. The fourth-order valence-corrected chi connectivity index (χ4v) is 1.22. The highest BCUT2D eigenvalue weighted by molar-refractivity contribution is 14.0. The van der Waals surface area contributed by atoms with Gasteiger partial charge in [0.05, 0.1) is 6.54 Å². The van der Waals surface area contributed by atoms with Gasteiger partial charge >= 0.3 is 0 Å². The van der Waals surface area contributed by atoms with Gasteiger partial charge in [-0.1, -0.05) is 13.8 Å². The van der Waals surface area contributed by atoms with Crippen LogP contribution in [-0.4, -0.2) is 33.8 Å². The van der Waals surface area contributed by atoms with Crippen LogP contribution in [-0.2, 0) is 13.6 Å². The predicted octanol–water partition coefficient (Wildman–Crippen LogP) is 1.14. The first-order valence-electron chi connectivity index (χ1n) is 5.84. The number of nitrogens with one attached hydrogen (secondary N) is 2. The van der Waals surface area contributed by atoms with Crippen LogP contribution in [0.3, 0.4) is 0 Å². The molecule has 1 heterocycles. The van der Waals surface area contributed by atoms with Crippen LogP contribution in [0.2, 0.25) is 0 Å². The van der Waals surface area contributed by atoms with Crippen LogP contribution < -0.4 is 10.6 Å². The summed E-state index contributed by atoms with van der Waals surface area (Å²) in [5.41, 5.74) is 0. The lowest BCUT2D eigenvalue weighted by Crippen LogP contribution is -2.44. The molecular formula is C11H23IN6. The highest BCUT2D eigenvalue weighted by Crippen LogP contribution is 1.99. The summed E-state index contributed by atoms with van der Waals surface area (Å²) in [5.74, 6) is 2.22. The molecule has 0 radical (unpaired) electrons. The van der Waals surface area contributed by atoms with E-state index in [0.717, 1.165) is 11.8 Å². The second-order valence-electron chi connectivity index (χ2n) is 4.40. The van der Waals surface area contributed by atoms with E-state index in [1.807, 2.05) is 7.05 Å². The molecule has 6 nitrogen and oxygen atoms in total. The van der Waals surface area contributed by atoms with Crippen molar-refractivity contribution in [3.8, 4) is 0 Å². The molecule has 0 aliphatic carbocycles. The first-order valence-corrected chi connectivity index (χ1v) is 5.84. The zero-order valence-corrected chi connectivity index (χ0v) is 14.0. The molecule has 104 valence electrons. The van der Waals surface area contributed by atoms with Gasteiger partial charge in [-0.15, -0.1) is 24.0 Å². The van der Waals surface area contributed by atoms with E-state index in [-0.39, 0.29) is 24.0 Å². The molecule has 1 aromatic heterocycles. The first kappa shape index (κ1) is 17.1. The average Bonchev–Trinajstić information content (AvgIpc) is 2.69. The topological polar surface area (TPSA) is 67.1 Å². The summed E-state index contributed by atoms with van der Waals surface area (Å²) in [6, 6.07) is 0.376. The van der Waals surface area contributed by atoms with E-state index in [9.17, 15) is 0 Å². The Labute approximate surface area is 126 Å². The van der Waals surface area contributed by atoms with Gasteiger partial charge in [-0.25, -0.2) is 4.98 Å². The van der Waals surface area contributed by atoms with Crippen molar-refractivity contribution in [2.24, 2.45) is 18.0 Å². The number of guanidine groups is 1. The Balaban J connectivity index is 0.00000289. The van der Waals surface area contributed by atoms with E-state index >= 15 is 0 Å². The maximum Gasteiger partial charge on any atom is 0.191 e. The average molecular weight is 366 g/mol. The number of aliphatic imine (C=N–C) groups is 1. The van der Waals surface area contributed by atoms with Crippen LogP contribution in [0, 0.1) is 5.92 Å². The summed E-state index contributed by atoms with van der Waals surface area (Å²) in [5, 5.41) is 10.6. The molecule has 0 bridgehead atoms. The lowest BCUT2D eigenvalue weighted by molar-refractivity contribution is 0.480. The third-order valence-electron chi connectivity index (χ3n) is 2.81. The van der Waals surface area contributed by atoms with Crippen molar-refractivity contribution in [2.75, 3.05) is 7.05 Å². The van der Waals surface area contributed by atoms with Gasteiger partial charge < -0.3 is 10.6 Å². The summed E-state index contributed by atoms with van der Waals surface area (Å²) in [4.78, 5) is 8.32. The molecule has 1 atom stereocenters. The summed E-state index contributed by atoms with van der Waals surface area (Å²) < 4.78 is 1.74. The Morgan fingerprint density at radius 3 is 2.56 bits per heavy atom. The molecule has 1 unspecified atom stereocenters. The number of aromatic nitrogens is 3. The molecule has 0 saturated heterocycles. The Bertz CT molecular complexity index is 373. The molecule has 0 spiro atoms. The van der Waals surface area contributed by atoms with Crippen LogP contribution in [0.25, 0.3) is 0 Å². The molecule has 2 N–H and O–H groups in total. The van der Waals surface area contributed by atoms with Gasteiger partial charge in [-0.05, 0) is 12.8 Å². The van der Waals surface area contributed by atoms with Crippen LogP contribution in [0.4, 0.5) is 0 Å². The van der Waals surface area contributed by atoms with Gasteiger partial charge in [0, 0.05) is 20.1 Å². The van der Waals surface area contributed by atoms with Crippen LogP contribution in [0.15, 0.2) is 11.3 Å². The summed E-state index contributed by atoms with van der Waals surface area (Å²) >= 11 is 0. The van der Waals surface area contributed by atoms with Crippen molar-refractivity contribution in [1.82, 2.24) is 25.4 Å². The molecule has 0 saturated carbocycles. The molecular weight excluding hydrogens is 343 g/mol. The minimum atomic E-state index is 0. The first-order chi connectivity index (χ1) is 8.04. The maximum atomic E-state index is 4.18. The zero-order valence-electron chi connectivity index (χ0n) is 11.6. The zero-order chi connectivity index (χ0) is 12.8. The SMILES string of the molecule is CN=C(NCc1ncnn1C)NC(C)C(C)C.I. The third-order valence-corrected chi connectivity index (χ3v) is 2.81. The molecule has 0 amide bonds. The van der Waals surface area contributed by atoms with Gasteiger partial charge in [0.1, 0.15) is 12.2 Å². The predicted molar refractivity (Wildman–Crippen MR) is 84.1 cm³/mol. The molecule has 0 aliphatic heterocycles. The van der Waals surface area contributed by atoms with Crippen molar-refractivity contribution in [3.63, 3.8) is 0 Å². The van der Waals surface area contributed by atoms with Crippen molar-refractivity contribution in [1.29, 1.82) is 0 Å². The number of rotatable bonds is 4. The molecule has 0 fully saturated rings. The Morgan fingerprint density at radius 2 is 2.11 bits per heavy atom. The van der Waals surface area contributed by atoms with E-state index < -0.39 is 0 Å².